The first-order valence-electron chi connectivity index (χ1n) is 6.24. The van der Waals surface area contributed by atoms with Crippen molar-refractivity contribution in [2.24, 2.45) is 11.7 Å². The molecule has 1 aromatic carbocycles. The summed E-state index contributed by atoms with van der Waals surface area (Å²) in [6.45, 7) is 4.12. The molecule has 0 spiro atoms. The van der Waals surface area contributed by atoms with Gasteiger partial charge in [0.1, 0.15) is 5.82 Å². The Bertz CT molecular complexity index is 582. The van der Waals surface area contributed by atoms with Crippen molar-refractivity contribution in [3.8, 4) is 5.69 Å². The van der Waals surface area contributed by atoms with Gasteiger partial charge in [-0.1, -0.05) is 25.1 Å². The summed E-state index contributed by atoms with van der Waals surface area (Å²) in [5.41, 5.74) is 7.53. The summed E-state index contributed by atoms with van der Waals surface area (Å²) in [5, 5.41) is 7.10. The second-order valence-corrected chi connectivity index (χ2v) is 4.54. The van der Waals surface area contributed by atoms with Crippen LogP contribution in [0, 0.1) is 12.8 Å². The molecule has 2 aromatic rings. The van der Waals surface area contributed by atoms with Crippen LogP contribution in [0.25, 0.3) is 5.69 Å². The third-order valence-electron chi connectivity index (χ3n) is 3.04. The zero-order valence-electron chi connectivity index (χ0n) is 11.5. The Labute approximate surface area is 124 Å². The Balaban J connectivity index is 0.00000200. The molecule has 0 saturated carbocycles. The molecule has 0 saturated heterocycles. The lowest BCUT2D eigenvalue weighted by Crippen LogP contribution is -2.27. The summed E-state index contributed by atoms with van der Waals surface area (Å²) < 4.78 is 1.72. The van der Waals surface area contributed by atoms with E-state index in [0.717, 1.165) is 11.3 Å². The third-order valence-corrected chi connectivity index (χ3v) is 3.04. The number of carbonyl (C=O) groups excluding carboxylic acids is 1. The van der Waals surface area contributed by atoms with E-state index in [9.17, 15) is 4.79 Å². The monoisotopic (exact) mass is 294 g/mol. The summed E-state index contributed by atoms with van der Waals surface area (Å²) >= 11 is 0. The van der Waals surface area contributed by atoms with Crippen molar-refractivity contribution in [1.82, 2.24) is 9.78 Å². The Hall–Kier alpha value is -1.85. The molecule has 5 nitrogen and oxygen atoms in total. The standard InChI is InChI=1S/C14H18N4O.ClH/c1-10-5-3-4-6-12(10)18-13(7-8-16-18)17-14(19)11(2)9-15;/h3-8,11H,9,15H2,1-2H3,(H,17,19);1H. The molecule has 0 bridgehead atoms. The number of aromatic nitrogens is 2. The van der Waals surface area contributed by atoms with Gasteiger partial charge in [0.25, 0.3) is 0 Å². The van der Waals surface area contributed by atoms with E-state index in [-0.39, 0.29) is 24.2 Å². The molecule has 1 unspecified atom stereocenters. The van der Waals surface area contributed by atoms with Crippen molar-refractivity contribution in [1.29, 1.82) is 0 Å². The Kier molecular flexibility index (Phi) is 5.73. The number of aryl methyl sites for hydroxylation is 1. The fourth-order valence-electron chi connectivity index (χ4n) is 1.75. The van der Waals surface area contributed by atoms with Gasteiger partial charge in [-0.2, -0.15) is 5.10 Å². The molecule has 6 heteroatoms. The molecule has 2 rings (SSSR count). The number of halogens is 1. The fraction of sp³-hybridized carbons (Fsp3) is 0.286. The molecular weight excluding hydrogens is 276 g/mol. The normalized spacial score (nSPS) is 11.6. The number of hydrogen-bond donors (Lipinski definition) is 2. The highest BCUT2D eigenvalue weighted by Crippen LogP contribution is 2.18. The van der Waals surface area contributed by atoms with Gasteiger partial charge in [0.05, 0.1) is 11.9 Å². The third kappa shape index (κ3) is 3.37. The molecule has 1 aromatic heterocycles. The van der Waals surface area contributed by atoms with Crippen molar-refractivity contribution < 1.29 is 4.79 Å². The molecule has 3 N–H and O–H groups in total. The number of carbonyl (C=O) groups is 1. The van der Waals surface area contributed by atoms with Gasteiger partial charge in [-0.3, -0.25) is 4.79 Å². The van der Waals surface area contributed by atoms with Crippen molar-refractivity contribution in [2.45, 2.75) is 13.8 Å². The van der Waals surface area contributed by atoms with E-state index in [1.807, 2.05) is 31.2 Å². The van der Waals surface area contributed by atoms with E-state index in [1.54, 1.807) is 23.9 Å². The summed E-state index contributed by atoms with van der Waals surface area (Å²) in [6.07, 6.45) is 1.66. The van der Waals surface area contributed by atoms with Gasteiger partial charge >= 0.3 is 0 Å². The minimum atomic E-state index is -0.222. The lowest BCUT2D eigenvalue weighted by molar-refractivity contribution is -0.119. The van der Waals surface area contributed by atoms with Crippen molar-refractivity contribution in [3.63, 3.8) is 0 Å². The number of nitrogens with two attached hydrogens (primary N) is 1. The highest BCUT2D eigenvalue weighted by atomic mass is 35.5. The van der Waals surface area contributed by atoms with Gasteiger partial charge in [-0.05, 0) is 18.6 Å². The minimum absolute atomic E-state index is 0. The van der Waals surface area contributed by atoms with E-state index < -0.39 is 0 Å². The highest BCUT2D eigenvalue weighted by molar-refractivity contribution is 5.91. The Morgan fingerprint density at radius 2 is 2.10 bits per heavy atom. The molecular formula is C14H19ClN4O. The number of para-hydroxylation sites is 1. The lowest BCUT2D eigenvalue weighted by Gasteiger charge is -2.13. The van der Waals surface area contributed by atoms with Crippen molar-refractivity contribution in [2.75, 3.05) is 11.9 Å². The first-order chi connectivity index (χ1) is 9.13. The van der Waals surface area contributed by atoms with Crippen LogP contribution in [-0.2, 0) is 4.79 Å². The van der Waals surface area contributed by atoms with Gasteiger partial charge < -0.3 is 11.1 Å². The van der Waals surface area contributed by atoms with Crippen molar-refractivity contribution in [3.05, 3.63) is 42.1 Å². The summed E-state index contributed by atoms with van der Waals surface area (Å²) in [7, 11) is 0. The minimum Gasteiger partial charge on any atom is -0.330 e. The zero-order chi connectivity index (χ0) is 13.8. The molecule has 108 valence electrons. The average Bonchev–Trinajstić information content (AvgIpc) is 2.86. The van der Waals surface area contributed by atoms with Crippen LogP contribution < -0.4 is 11.1 Å². The Morgan fingerprint density at radius 1 is 1.40 bits per heavy atom. The number of hydrogen-bond acceptors (Lipinski definition) is 3. The van der Waals surface area contributed by atoms with E-state index in [0.29, 0.717) is 12.4 Å². The zero-order valence-corrected chi connectivity index (χ0v) is 12.4. The number of amides is 1. The second kappa shape index (κ2) is 7.07. The first-order valence-corrected chi connectivity index (χ1v) is 6.24. The second-order valence-electron chi connectivity index (χ2n) is 4.54. The number of nitrogens with one attached hydrogen (secondary N) is 1. The Morgan fingerprint density at radius 3 is 2.75 bits per heavy atom. The fourth-order valence-corrected chi connectivity index (χ4v) is 1.75. The van der Waals surface area contributed by atoms with Gasteiger partial charge in [0.2, 0.25) is 5.91 Å². The smallest absolute Gasteiger partial charge is 0.229 e. The van der Waals surface area contributed by atoms with Crippen LogP contribution in [0.3, 0.4) is 0 Å². The van der Waals surface area contributed by atoms with Crippen LogP contribution >= 0.6 is 12.4 Å². The van der Waals surface area contributed by atoms with Crippen LogP contribution in [-0.4, -0.2) is 22.2 Å². The first kappa shape index (κ1) is 16.2. The molecule has 20 heavy (non-hydrogen) atoms. The van der Waals surface area contributed by atoms with Crippen LogP contribution in [0.1, 0.15) is 12.5 Å². The summed E-state index contributed by atoms with van der Waals surface area (Å²) in [5.74, 6) is 0.331. The van der Waals surface area contributed by atoms with Crippen LogP contribution in [0.15, 0.2) is 36.5 Å². The predicted molar refractivity (Wildman–Crippen MR) is 82.4 cm³/mol. The van der Waals surface area contributed by atoms with Crippen LogP contribution in [0.2, 0.25) is 0 Å². The maximum atomic E-state index is 11.9. The number of benzene rings is 1. The maximum absolute atomic E-state index is 11.9. The molecule has 0 radical (unpaired) electrons. The van der Waals surface area contributed by atoms with E-state index >= 15 is 0 Å². The molecule has 1 amide bonds. The molecule has 0 aliphatic carbocycles. The van der Waals surface area contributed by atoms with Crippen LogP contribution in [0.5, 0.6) is 0 Å². The summed E-state index contributed by atoms with van der Waals surface area (Å²) in [4.78, 5) is 11.9. The lowest BCUT2D eigenvalue weighted by atomic mass is 10.2. The number of nitrogens with zero attached hydrogens (tertiary/aromatic N) is 2. The number of rotatable bonds is 4. The van der Waals surface area contributed by atoms with Crippen LogP contribution in [0.4, 0.5) is 5.82 Å². The molecule has 0 aliphatic heterocycles. The highest BCUT2D eigenvalue weighted by Gasteiger charge is 2.14. The molecule has 0 aliphatic rings. The quantitative estimate of drug-likeness (QED) is 0.907. The molecule has 0 fully saturated rings. The van der Waals surface area contributed by atoms with E-state index in [2.05, 4.69) is 10.4 Å². The van der Waals surface area contributed by atoms with Crippen molar-refractivity contribution >= 4 is 24.1 Å². The average molecular weight is 295 g/mol. The topological polar surface area (TPSA) is 72.9 Å². The molecule has 1 heterocycles. The van der Waals surface area contributed by atoms with Gasteiger partial charge in [0, 0.05) is 18.5 Å². The number of anilines is 1. The molecule has 1 atom stereocenters. The van der Waals surface area contributed by atoms with Gasteiger partial charge in [0.15, 0.2) is 0 Å². The maximum Gasteiger partial charge on any atom is 0.229 e. The predicted octanol–water partition coefficient (Wildman–Crippen LogP) is 2.14. The van der Waals surface area contributed by atoms with E-state index in [4.69, 9.17) is 5.73 Å². The van der Waals surface area contributed by atoms with E-state index in [1.165, 1.54) is 0 Å². The van der Waals surface area contributed by atoms with Gasteiger partial charge in [-0.25, -0.2) is 4.68 Å². The van der Waals surface area contributed by atoms with Gasteiger partial charge in [-0.15, -0.1) is 12.4 Å². The SMILES string of the molecule is Cc1ccccc1-n1nccc1NC(=O)C(C)CN.Cl. The summed E-state index contributed by atoms with van der Waals surface area (Å²) in [6, 6.07) is 9.65. The largest absolute Gasteiger partial charge is 0.330 e.